The normalized spacial score (nSPS) is 32.9. The third-order valence-electron chi connectivity index (χ3n) is 4.83. The second-order valence-corrected chi connectivity index (χ2v) is 8.88. The van der Waals surface area contributed by atoms with Crippen molar-refractivity contribution >= 4 is 10.0 Å². The first kappa shape index (κ1) is 16.2. The number of rotatable bonds is 5. The molecule has 3 unspecified atom stereocenters. The van der Waals surface area contributed by atoms with Gasteiger partial charge >= 0.3 is 0 Å². The van der Waals surface area contributed by atoms with Gasteiger partial charge in [-0.15, -0.1) is 0 Å². The lowest BCUT2D eigenvalue weighted by Crippen LogP contribution is -2.50. The zero-order valence-corrected chi connectivity index (χ0v) is 13.6. The Morgan fingerprint density at radius 3 is 2.50 bits per heavy atom. The predicted octanol–water partition coefficient (Wildman–Crippen LogP) is 2.38. The summed E-state index contributed by atoms with van der Waals surface area (Å²) in [7, 11) is -3.17. The van der Waals surface area contributed by atoms with Crippen molar-refractivity contribution in [3.63, 3.8) is 0 Å². The minimum atomic E-state index is -3.17. The van der Waals surface area contributed by atoms with Crippen LogP contribution in [-0.4, -0.2) is 42.3 Å². The number of hydrogen-bond acceptors (Lipinski definition) is 3. The molecule has 1 N–H and O–H groups in total. The fourth-order valence-corrected chi connectivity index (χ4v) is 5.71. The maximum absolute atomic E-state index is 12.6. The maximum atomic E-state index is 12.6. The van der Waals surface area contributed by atoms with Crippen molar-refractivity contribution in [2.24, 2.45) is 11.8 Å². The second-order valence-electron chi connectivity index (χ2n) is 6.83. The summed E-state index contributed by atoms with van der Waals surface area (Å²) in [6.07, 6.45) is 6.22. The van der Waals surface area contributed by atoms with E-state index in [1.54, 1.807) is 4.31 Å². The van der Waals surface area contributed by atoms with Crippen molar-refractivity contribution in [3.05, 3.63) is 0 Å². The molecule has 5 heteroatoms. The van der Waals surface area contributed by atoms with Gasteiger partial charge < -0.3 is 5.11 Å². The first-order valence-corrected chi connectivity index (χ1v) is 9.70. The first-order chi connectivity index (χ1) is 9.42. The van der Waals surface area contributed by atoms with E-state index in [0.29, 0.717) is 12.5 Å². The Morgan fingerprint density at radius 2 is 1.90 bits per heavy atom. The summed E-state index contributed by atoms with van der Waals surface area (Å²) < 4.78 is 27.0. The minimum Gasteiger partial charge on any atom is -0.393 e. The Hall–Kier alpha value is -0.130. The number of aliphatic hydroxyl groups is 1. The molecule has 0 aromatic rings. The standard InChI is InChI=1S/C15H29NO3S/c1-12(2)9-11-20(18,19)16-10-4-3-7-14(16)13-6-5-8-15(13)17/h12-15,17H,3-11H2,1-2H3. The third kappa shape index (κ3) is 3.74. The highest BCUT2D eigenvalue weighted by atomic mass is 32.2. The highest BCUT2D eigenvalue weighted by molar-refractivity contribution is 7.89. The summed E-state index contributed by atoms with van der Waals surface area (Å²) in [5.74, 6) is 0.818. The average Bonchev–Trinajstić information content (AvgIpc) is 2.83. The van der Waals surface area contributed by atoms with Crippen LogP contribution in [0.25, 0.3) is 0 Å². The summed E-state index contributed by atoms with van der Waals surface area (Å²) in [6, 6.07) is 0.0402. The first-order valence-electron chi connectivity index (χ1n) is 8.09. The van der Waals surface area contributed by atoms with Crippen molar-refractivity contribution in [3.8, 4) is 0 Å². The maximum Gasteiger partial charge on any atom is 0.214 e. The zero-order valence-electron chi connectivity index (χ0n) is 12.8. The van der Waals surface area contributed by atoms with Gasteiger partial charge in [-0.3, -0.25) is 0 Å². The third-order valence-corrected chi connectivity index (χ3v) is 6.75. The van der Waals surface area contributed by atoms with Crippen molar-refractivity contribution < 1.29 is 13.5 Å². The SMILES string of the molecule is CC(C)CCS(=O)(=O)N1CCCCC1C1CCCC1O. The van der Waals surface area contributed by atoms with Crippen LogP contribution >= 0.6 is 0 Å². The molecule has 4 nitrogen and oxygen atoms in total. The Balaban J connectivity index is 2.09. The Bertz CT molecular complexity index is 407. The number of aliphatic hydroxyl groups excluding tert-OH is 1. The van der Waals surface area contributed by atoms with Gasteiger partial charge in [0.1, 0.15) is 0 Å². The number of piperidine rings is 1. The van der Waals surface area contributed by atoms with E-state index in [0.717, 1.165) is 44.9 Å². The molecule has 0 amide bonds. The van der Waals surface area contributed by atoms with Gasteiger partial charge in [0.15, 0.2) is 0 Å². The molecule has 0 aromatic heterocycles. The van der Waals surface area contributed by atoms with Crippen LogP contribution in [0.4, 0.5) is 0 Å². The fraction of sp³-hybridized carbons (Fsp3) is 1.00. The topological polar surface area (TPSA) is 57.6 Å². The highest BCUT2D eigenvalue weighted by Gasteiger charge is 2.41. The summed E-state index contributed by atoms with van der Waals surface area (Å²) >= 11 is 0. The molecule has 20 heavy (non-hydrogen) atoms. The molecule has 1 aliphatic carbocycles. The smallest absolute Gasteiger partial charge is 0.214 e. The van der Waals surface area contributed by atoms with Crippen LogP contribution in [0.15, 0.2) is 0 Å². The van der Waals surface area contributed by atoms with Crippen LogP contribution in [0.2, 0.25) is 0 Å². The van der Waals surface area contributed by atoms with Crippen LogP contribution in [0.5, 0.6) is 0 Å². The van der Waals surface area contributed by atoms with Crippen LogP contribution in [0.1, 0.15) is 58.8 Å². The van der Waals surface area contributed by atoms with E-state index in [2.05, 4.69) is 13.8 Å². The van der Waals surface area contributed by atoms with E-state index in [1.807, 2.05) is 0 Å². The molecule has 1 saturated heterocycles. The minimum absolute atomic E-state index is 0.0402. The molecule has 0 bridgehead atoms. The van der Waals surface area contributed by atoms with E-state index in [1.165, 1.54) is 0 Å². The van der Waals surface area contributed by atoms with Gasteiger partial charge in [0.05, 0.1) is 11.9 Å². The summed E-state index contributed by atoms with van der Waals surface area (Å²) in [5, 5.41) is 10.1. The molecule has 3 atom stereocenters. The molecule has 0 aromatic carbocycles. The Kier molecular flexibility index (Phi) is 5.49. The van der Waals surface area contributed by atoms with Crippen molar-refractivity contribution in [1.29, 1.82) is 0 Å². The van der Waals surface area contributed by atoms with Crippen molar-refractivity contribution in [1.82, 2.24) is 4.31 Å². The number of nitrogens with zero attached hydrogens (tertiary/aromatic N) is 1. The molecular formula is C15H29NO3S. The van der Waals surface area contributed by atoms with Crippen LogP contribution < -0.4 is 0 Å². The van der Waals surface area contributed by atoms with Crippen LogP contribution in [0.3, 0.4) is 0 Å². The molecule has 1 aliphatic heterocycles. The molecule has 1 saturated carbocycles. The Morgan fingerprint density at radius 1 is 1.15 bits per heavy atom. The number of hydrogen-bond donors (Lipinski definition) is 1. The molecule has 2 rings (SSSR count). The lowest BCUT2D eigenvalue weighted by Gasteiger charge is -2.39. The van der Waals surface area contributed by atoms with E-state index in [9.17, 15) is 13.5 Å². The van der Waals surface area contributed by atoms with Gasteiger partial charge in [-0.25, -0.2) is 8.42 Å². The summed E-state index contributed by atoms with van der Waals surface area (Å²) in [4.78, 5) is 0. The fourth-order valence-electron chi connectivity index (χ4n) is 3.62. The zero-order chi connectivity index (χ0) is 14.8. The molecular weight excluding hydrogens is 274 g/mol. The van der Waals surface area contributed by atoms with Gasteiger partial charge in [-0.05, 0) is 38.0 Å². The lowest BCUT2D eigenvalue weighted by molar-refractivity contribution is 0.0723. The van der Waals surface area contributed by atoms with Crippen molar-refractivity contribution in [2.45, 2.75) is 70.9 Å². The summed E-state index contributed by atoms with van der Waals surface area (Å²) in [5.41, 5.74) is 0. The van der Waals surface area contributed by atoms with Crippen LogP contribution in [-0.2, 0) is 10.0 Å². The molecule has 118 valence electrons. The second kappa shape index (κ2) is 6.75. The van der Waals surface area contributed by atoms with Gasteiger partial charge in [-0.1, -0.05) is 26.7 Å². The van der Waals surface area contributed by atoms with Gasteiger partial charge in [0.25, 0.3) is 0 Å². The van der Waals surface area contributed by atoms with E-state index >= 15 is 0 Å². The molecule has 2 aliphatic rings. The van der Waals surface area contributed by atoms with E-state index < -0.39 is 10.0 Å². The highest BCUT2D eigenvalue weighted by Crippen LogP contribution is 2.36. The lowest BCUT2D eigenvalue weighted by atomic mass is 9.89. The van der Waals surface area contributed by atoms with Gasteiger partial charge in [0.2, 0.25) is 10.0 Å². The molecule has 2 fully saturated rings. The van der Waals surface area contributed by atoms with E-state index in [-0.39, 0.29) is 23.8 Å². The van der Waals surface area contributed by atoms with Crippen molar-refractivity contribution in [2.75, 3.05) is 12.3 Å². The summed E-state index contributed by atoms with van der Waals surface area (Å²) in [6.45, 7) is 4.77. The van der Waals surface area contributed by atoms with Gasteiger partial charge in [0, 0.05) is 18.5 Å². The molecule has 0 radical (unpaired) electrons. The van der Waals surface area contributed by atoms with E-state index in [4.69, 9.17) is 0 Å². The Labute approximate surface area is 123 Å². The largest absolute Gasteiger partial charge is 0.393 e. The van der Waals surface area contributed by atoms with Gasteiger partial charge in [-0.2, -0.15) is 4.31 Å². The predicted molar refractivity (Wildman–Crippen MR) is 80.9 cm³/mol. The monoisotopic (exact) mass is 303 g/mol. The average molecular weight is 303 g/mol. The quantitative estimate of drug-likeness (QED) is 0.848. The molecule has 0 spiro atoms. The molecule has 1 heterocycles. The number of sulfonamides is 1. The van der Waals surface area contributed by atoms with Crippen LogP contribution in [0, 0.1) is 11.8 Å².